The second kappa shape index (κ2) is 7.66. The molecule has 4 rings (SSSR count). The van der Waals surface area contributed by atoms with Gasteiger partial charge >= 0.3 is 0 Å². The van der Waals surface area contributed by atoms with Gasteiger partial charge in [-0.2, -0.15) is 5.10 Å². The maximum atomic E-state index is 13.6. The lowest BCUT2D eigenvalue weighted by Gasteiger charge is -2.38. The van der Waals surface area contributed by atoms with Crippen LogP contribution in [0.25, 0.3) is 0 Å². The van der Waals surface area contributed by atoms with Crippen molar-refractivity contribution in [3.63, 3.8) is 0 Å². The standard InChI is InChI=1S/C24H24N2O3/c1-15(2)18-13-19(26-22(23(18)28)24(29)20(27)14-25-26)21(16-9-5-3-6-10-16)17-11-7-4-8-12-17/h3-12,14-15,18-19,21,29H,13H2,1-2H3/i1D3,2D3,15D. The Balaban J connectivity index is 2.03. The predicted molar refractivity (Wildman–Crippen MR) is 111 cm³/mol. The molecule has 1 N–H and O–H groups in total. The third kappa shape index (κ3) is 3.37. The summed E-state index contributed by atoms with van der Waals surface area (Å²) in [5.74, 6) is -7.73. The number of carbonyl (C=O) groups excluding carboxylic acids is 1. The Morgan fingerprint density at radius 2 is 1.66 bits per heavy atom. The maximum Gasteiger partial charge on any atom is 0.242 e. The second-order valence-corrected chi connectivity index (χ2v) is 7.08. The number of Topliss-reactive ketones (excluding diaryl/α,β-unsaturated/α-hetero) is 1. The Hall–Kier alpha value is -3.21. The lowest BCUT2D eigenvalue weighted by molar-refractivity contribution is 0.0782. The summed E-state index contributed by atoms with van der Waals surface area (Å²) >= 11 is 0. The molecule has 0 bridgehead atoms. The van der Waals surface area contributed by atoms with Gasteiger partial charge in [0, 0.05) is 21.4 Å². The van der Waals surface area contributed by atoms with E-state index >= 15 is 0 Å². The molecule has 2 heterocycles. The fourth-order valence-corrected chi connectivity index (χ4v) is 4.04. The third-order valence-electron chi connectivity index (χ3n) is 5.38. The van der Waals surface area contributed by atoms with E-state index < -0.39 is 60.1 Å². The van der Waals surface area contributed by atoms with Crippen molar-refractivity contribution >= 4 is 5.78 Å². The van der Waals surface area contributed by atoms with E-state index in [9.17, 15) is 14.7 Å². The molecule has 0 radical (unpaired) electrons. The first-order chi connectivity index (χ1) is 16.8. The average Bonchev–Trinajstić information content (AvgIpc) is 2.82. The van der Waals surface area contributed by atoms with Gasteiger partial charge in [0.2, 0.25) is 5.43 Å². The molecule has 148 valence electrons. The fraction of sp³-hybridized carbons (Fsp3) is 0.292. The van der Waals surface area contributed by atoms with E-state index in [2.05, 4.69) is 5.10 Å². The first-order valence-electron chi connectivity index (χ1n) is 12.7. The predicted octanol–water partition coefficient (Wildman–Crippen LogP) is 4.18. The molecule has 1 aliphatic rings. The van der Waals surface area contributed by atoms with Gasteiger partial charge in [-0.25, -0.2) is 0 Å². The van der Waals surface area contributed by atoms with E-state index in [-0.39, 0.29) is 6.42 Å². The van der Waals surface area contributed by atoms with Crippen LogP contribution < -0.4 is 5.43 Å². The van der Waals surface area contributed by atoms with Crippen molar-refractivity contribution in [2.75, 3.05) is 0 Å². The minimum atomic E-state index is -3.38. The van der Waals surface area contributed by atoms with Crippen LogP contribution in [0.4, 0.5) is 0 Å². The highest BCUT2D eigenvalue weighted by molar-refractivity contribution is 5.99. The van der Waals surface area contributed by atoms with Crippen molar-refractivity contribution < 1.29 is 19.5 Å². The van der Waals surface area contributed by atoms with E-state index in [0.717, 1.165) is 17.3 Å². The second-order valence-electron chi connectivity index (χ2n) is 7.08. The zero-order valence-electron chi connectivity index (χ0n) is 22.4. The molecule has 0 spiro atoms. The van der Waals surface area contributed by atoms with Crippen LogP contribution in [0, 0.1) is 11.8 Å². The van der Waals surface area contributed by atoms with Crippen LogP contribution in [0.1, 0.15) is 63.3 Å². The van der Waals surface area contributed by atoms with Gasteiger partial charge in [0.15, 0.2) is 11.5 Å². The summed E-state index contributed by atoms with van der Waals surface area (Å²) < 4.78 is 57.5. The number of ketones is 1. The Kier molecular flexibility index (Phi) is 3.27. The topological polar surface area (TPSA) is 72.2 Å². The van der Waals surface area contributed by atoms with Gasteiger partial charge in [-0.1, -0.05) is 74.4 Å². The van der Waals surface area contributed by atoms with Gasteiger partial charge in [-0.3, -0.25) is 14.3 Å². The van der Waals surface area contributed by atoms with Crippen molar-refractivity contribution in [3.8, 4) is 5.75 Å². The number of aromatic nitrogens is 2. The highest BCUT2D eigenvalue weighted by atomic mass is 16.3. The summed E-state index contributed by atoms with van der Waals surface area (Å²) in [5, 5.41) is 14.7. The number of hydrogen-bond donors (Lipinski definition) is 1. The van der Waals surface area contributed by atoms with Crippen molar-refractivity contribution in [1.82, 2.24) is 9.78 Å². The molecule has 0 saturated heterocycles. The number of aromatic hydroxyl groups is 1. The van der Waals surface area contributed by atoms with Crippen LogP contribution >= 0.6 is 0 Å². The van der Waals surface area contributed by atoms with Gasteiger partial charge < -0.3 is 5.11 Å². The van der Waals surface area contributed by atoms with Crippen molar-refractivity contribution in [2.45, 2.75) is 32.1 Å². The van der Waals surface area contributed by atoms with Crippen LogP contribution in [0.15, 0.2) is 71.7 Å². The highest BCUT2D eigenvalue weighted by Gasteiger charge is 2.41. The van der Waals surface area contributed by atoms with Crippen LogP contribution in [-0.4, -0.2) is 20.7 Å². The molecule has 2 unspecified atom stereocenters. The van der Waals surface area contributed by atoms with Gasteiger partial charge in [-0.15, -0.1) is 0 Å². The van der Waals surface area contributed by atoms with E-state index in [0.29, 0.717) is 0 Å². The Bertz CT molecular complexity index is 1270. The van der Waals surface area contributed by atoms with Gasteiger partial charge in [0.1, 0.15) is 5.69 Å². The molecule has 5 heteroatoms. The van der Waals surface area contributed by atoms with Crippen molar-refractivity contribution in [2.24, 2.45) is 11.8 Å². The number of carbonyl (C=O) groups is 1. The Morgan fingerprint density at radius 3 is 2.21 bits per heavy atom. The summed E-state index contributed by atoms with van der Waals surface area (Å²) in [6, 6.07) is 17.2. The van der Waals surface area contributed by atoms with Crippen molar-refractivity contribution in [3.05, 3.63) is 93.9 Å². The molecule has 0 amide bonds. The average molecular weight is 396 g/mol. The summed E-state index contributed by atoms with van der Waals surface area (Å²) in [5.41, 5.74) is -0.0498. The monoisotopic (exact) mass is 395 g/mol. The summed E-state index contributed by atoms with van der Waals surface area (Å²) in [6.45, 7) is -6.75. The summed E-state index contributed by atoms with van der Waals surface area (Å²) in [6.07, 6.45) is 0.490. The number of nitrogens with zero attached hydrogens (tertiary/aromatic N) is 2. The zero-order valence-corrected chi connectivity index (χ0v) is 15.4. The summed E-state index contributed by atoms with van der Waals surface area (Å²) in [7, 11) is 0. The SMILES string of the molecule is [2H]C([2H])([2H])C([2H])(C1CC(C(c2ccccc2)c2ccccc2)n2ncc(=O)c(O)c2C1=O)C([2H])([2H])[2H]. The molecule has 1 aliphatic heterocycles. The number of fused-ring (bicyclic) bond motifs is 1. The van der Waals surface area contributed by atoms with E-state index in [1.54, 1.807) is 24.3 Å². The molecule has 0 aliphatic carbocycles. The lowest BCUT2D eigenvalue weighted by Crippen LogP contribution is -2.39. The normalized spacial score (nSPS) is 23.6. The number of hydrogen-bond acceptors (Lipinski definition) is 4. The van der Waals surface area contributed by atoms with Gasteiger partial charge in [-0.05, 0) is 23.4 Å². The molecular weight excluding hydrogens is 364 g/mol. The first kappa shape index (κ1) is 12.4. The van der Waals surface area contributed by atoms with Crippen LogP contribution in [0.3, 0.4) is 0 Å². The minimum Gasteiger partial charge on any atom is -0.503 e. The highest BCUT2D eigenvalue weighted by Crippen LogP contribution is 2.44. The fourth-order valence-electron chi connectivity index (χ4n) is 4.04. The smallest absolute Gasteiger partial charge is 0.242 e. The first-order valence-corrected chi connectivity index (χ1v) is 9.24. The quantitative estimate of drug-likeness (QED) is 0.719. The number of rotatable bonds is 4. The molecule has 5 nitrogen and oxygen atoms in total. The lowest BCUT2D eigenvalue weighted by atomic mass is 9.74. The molecule has 0 saturated carbocycles. The minimum absolute atomic E-state index is 0.365. The molecule has 1 aromatic heterocycles. The van der Waals surface area contributed by atoms with Gasteiger partial charge in [0.05, 0.1) is 12.2 Å². The van der Waals surface area contributed by atoms with Crippen LogP contribution in [-0.2, 0) is 0 Å². The maximum absolute atomic E-state index is 13.6. The zero-order chi connectivity index (χ0) is 26.5. The largest absolute Gasteiger partial charge is 0.503 e. The van der Waals surface area contributed by atoms with Crippen LogP contribution in [0.5, 0.6) is 5.75 Å². The molecule has 29 heavy (non-hydrogen) atoms. The van der Waals surface area contributed by atoms with Crippen LogP contribution in [0.2, 0.25) is 0 Å². The molecule has 0 fully saturated rings. The molecule has 2 aromatic carbocycles. The Morgan fingerprint density at radius 1 is 1.07 bits per heavy atom. The third-order valence-corrected chi connectivity index (χ3v) is 5.38. The Labute approximate surface area is 179 Å². The molecular formula is C24H24N2O3. The van der Waals surface area contributed by atoms with E-state index in [4.69, 9.17) is 9.60 Å². The molecule has 3 aromatic rings. The number of benzene rings is 2. The molecule has 2 atom stereocenters. The summed E-state index contributed by atoms with van der Waals surface area (Å²) in [4.78, 5) is 25.8. The van der Waals surface area contributed by atoms with E-state index in [1.807, 2.05) is 36.4 Å². The van der Waals surface area contributed by atoms with Crippen molar-refractivity contribution in [1.29, 1.82) is 0 Å². The van der Waals surface area contributed by atoms with E-state index in [1.165, 1.54) is 4.68 Å². The van der Waals surface area contributed by atoms with Gasteiger partial charge in [0.25, 0.3) is 0 Å².